The number of thioether (sulfide) groups is 1. The summed E-state index contributed by atoms with van der Waals surface area (Å²) in [6.07, 6.45) is -0.0978. The number of alkyl halides is 3. The fourth-order valence-corrected chi connectivity index (χ4v) is 3.82. The van der Waals surface area contributed by atoms with Gasteiger partial charge < -0.3 is 5.73 Å². The van der Waals surface area contributed by atoms with Crippen LogP contribution >= 0.6 is 11.8 Å². The zero-order chi connectivity index (χ0) is 20.5. The lowest BCUT2D eigenvalue weighted by Crippen LogP contribution is -2.28. The van der Waals surface area contributed by atoms with E-state index in [9.17, 15) is 18.0 Å². The Morgan fingerprint density at radius 3 is 2.68 bits per heavy atom. The first-order valence-corrected chi connectivity index (χ1v) is 9.10. The van der Waals surface area contributed by atoms with Crippen LogP contribution in [0, 0.1) is 0 Å². The lowest BCUT2D eigenvalue weighted by molar-refractivity contribution is -0.137. The van der Waals surface area contributed by atoms with Crippen molar-refractivity contribution in [3.63, 3.8) is 0 Å². The van der Waals surface area contributed by atoms with Crippen molar-refractivity contribution < 1.29 is 18.0 Å². The molecule has 2 aromatic heterocycles. The van der Waals surface area contributed by atoms with E-state index in [-0.39, 0.29) is 12.1 Å². The third kappa shape index (κ3) is 4.41. The number of hydrogen-bond donors (Lipinski definition) is 1. The molecule has 1 atom stereocenters. The predicted molar refractivity (Wildman–Crippen MR) is 102 cm³/mol. The number of carbonyl (C=O) groups is 1. The van der Waals surface area contributed by atoms with Crippen molar-refractivity contribution in [2.24, 2.45) is 10.7 Å². The van der Waals surface area contributed by atoms with Gasteiger partial charge in [-0.1, -0.05) is 18.3 Å². The Balaban J connectivity index is 1.80. The summed E-state index contributed by atoms with van der Waals surface area (Å²) >= 11 is 1.32. The zero-order valence-corrected chi connectivity index (χ0v) is 15.8. The third-order valence-electron chi connectivity index (χ3n) is 4.31. The summed E-state index contributed by atoms with van der Waals surface area (Å²) in [7, 11) is 0. The number of pyridine rings is 2. The number of ketones is 1. The van der Waals surface area contributed by atoms with Gasteiger partial charge in [0.25, 0.3) is 0 Å². The monoisotopic (exact) mass is 406 g/mol. The summed E-state index contributed by atoms with van der Waals surface area (Å²) in [6.45, 7) is 5.87. The highest BCUT2D eigenvalue weighted by Gasteiger charge is 2.32. The van der Waals surface area contributed by atoms with Crippen molar-refractivity contribution in [1.82, 2.24) is 9.97 Å². The summed E-state index contributed by atoms with van der Waals surface area (Å²) in [6, 6.07) is 3.73. The first-order chi connectivity index (χ1) is 13.1. The van der Waals surface area contributed by atoms with Crippen molar-refractivity contribution in [3.8, 4) is 0 Å². The van der Waals surface area contributed by atoms with Crippen molar-refractivity contribution in [2.75, 3.05) is 0 Å². The van der Waals surface area contributed by atoms with Gasteiger partial charge in [0.2, 0.25) is 0 Å². The Morgan fingerprint density at radius 1 is 1.32 bits per heavy atom. The molecule has 146 valence electrons. The molecule has 3 rings (SSSR count). The lowest BCUT2D eigenvalue weighted by Gasteiger charge is -2.30. The van der Waals surface area contributed by atoms with Gasteiger partial charge in [0.05, 0.1) is 11.1 Å². The summed E-state index contributed by atoms with van der Waals surface area (Å²) in [5.41, 5.74) is 5.70. The SMILES string of the molecule is C=C1C[C@@](C)(c2cncc(CC(=O)c3ccc(C(F)(F)F)cn3)c2)N=C(N)S1. The number of aliphatic imine (C=N–C) groups is 1. The molecule has 0 spiro atoms. The van der Waals surface area contributed by atoms with Crippen molar-refractivity contribution in [2.45, 2.75) is 31.5 Å². The van der Waals surface area contributed by atoms with Crippen LogP contribution < -0.4 is 5.73 Å². The third-order valence-corrected chi connectivity index (χ3v) is 5.04. The van der Waals surface area contributed by atoms with Gasteiger partial charge in [-0.2, -0.15) is 13.2 Å². The second kappa shape index (κ2) is 7.38. The molecule has 1 aliphatic heterocycles. The van der Waals surface area contributed by atoms with Gasteiger partial charge in [-0.05, 0) is 41.2 Å². The van der Waals surface area contributed by atoms with Gasteiger partial charge in [-0.25, -0.2) is 0 Å². The fourth-order valence-electron chi connectivity index (χ4n) is 2.92. The molecule has 0 amide bonds. The van der Waals surface area contributed by atoms with E-state index in [1.165, 1.54) is 18.0 Å². The minimum atomic E-state index is -4.49. The molecule has 0 saturated carbocycles. The second-order valence-corrected chi connectivity index (χ2v) is 7.85. The molecule has 0 unspecified atom stereocenters. The molecular weight excluding hydrogens is 389 g/mol. The van der Waals surface area contributed by atoms with Gasteiger partial charge >= 0.3 is 6.18 Å². The Bertz CT molecular complexity index is 956. The van der Waals surface area contributed by atoms with Crippen LogP contribution in [0.2, 0.25) is 0 Å². The maximum atomic E-state index is 12.6. The normalized spacial score (nSPS) is 20.0. The minimum absolute atomic E-state index is 0.0330. The number of nitrogens with zero attached hydrogens (tertiary/aromatic N) is 3. The van der Waals surface area contributed by atoms with Gasteiger partial charge in [0.15, 0.2) is 11.0 Å². The van der Waals surface area contributed by atoms with Crippen LogP contribution in [-0.4, -0.2) is 20.9 Å². The molecular formula is C19H17F3N4OS. The Kier molecular flexibility index (Phi) is 5.29. The van der Waals surface area contributed by atoms with Crippen LogP contribution in [0.3, 0.4) is 0 Å². The molecule has 0 radical (unpaired) electrons. The number of hydrogen-bond acceptors (Lipinski definition) is 6. The molecule has 3 heterocycles. The van der Waals surface area contributed by atoms with Crippen molar-refractivity contribution in [3.05, 3.63) is 70.7 Å². The van der Waals surface area contributed by atoms with E-state index < -0.39 is 23.1 Å². The molecule has 1 aliphatic rings. The maximum Gasteiger partial charge on any atom is 0.417 e. The highest BCUT2D eigenvalue weighted by atomic mass is 32.2. The Labute approximate surface area is 164 Å². The number of amidine groups is 1. The first kappa shape index (κ1) is 20.1. The zero-order valence-electron chi connectivity index (χ0n) is 15.0. The summed E-state index contributed by atoms with van der Waals surface area (Å²) in [5, 5.41) is 0.411. The number of nitrogens with two attached hydrogens (primary N) is 1. The predicted octanol–water partition coefficient (Wildman–Crippen LogP) is 4.10. The second-order valence-electron chi connectivity index (χ2n) is 6.65. The summed E-state index contributed by atoms with van der Waals surface area (Å²) < 4.78 is 37.9. The molecule has 5 nitrogen and oxygen atoms in total. The van der Waals surface area contributed by atoms with Gasteiger partial charge in [0.1, 0.15) is 5.69 Å². The molecule has 0 bridgehead atoms. The quantitative estimate of drug-likeness (QED) is 0.773. The van der Waals surface area contributed by atoms with E-state index in [0.29, 0.717) is 23.3 Å². The Morgan fingerprint density at radius 2 is 2.07 bits per heavy atom. The van der Waals surface area contributed by atoms with E-state index in [1.807, 2.05) is 6.92 Å². The minimum Gasteiger partial charge on any atom is -0.378 e. The van der Waals surface area contributed by atoms with Crippen molar-refractivity contribution >= 4 is 22.7 Å². The number of rotatable bonds is 4. The topological polar surface area (TPSA) is 81.2 Å². The number of Topliss-reactive ketones (excluding diaryl/α,β-unsaturated/α-hetero) is 1. The van der Waals surface area contributed by atoms with E-state index in [1.54, 1.807) is 12.3 Å². The molecule has 0 saturated heterocycles. The molecule has 0 aromatic carbocycles. The number of aromatic nitrogens is 2. The largest absolute Gasteiger partial charge is 0.417 e. The highest BCUT2D eigenvalue weighted by molar-refractivity contribution is 8.17. The van der Waals surface area contributed by atoms with Gasteiger partial charge in [-0.15, -0.1) is 0 Å². The highest BCUT2D eigenvalue weighted by Crippen LogP contribution is 2.40. The van der Waals surface area contributed by atoms with Crippen LogP contribution in [-0.2, 0) is 18.1 Å². The van der Waals surface area contributed by atoms with E-state index in [0.717, 1.165) is 22.6 Å². The standard InChI is InChI=1S/C19H17F3N4OS/c1-11-7-18(2,26-17(23)28-11)14-5-12(8-24-9-14)6-16(27)15-4-3-13(10-25-15)19(20,21)22/h3-5,8-10H,1,6-7H2,2H3,(H2,23,26)/t18-/m0/s1. The van der Waals surface area contributed by atoms with Gasteiger partial charge in [0, 0.05) is 31.4 Å². The van der Waals surface area contributed by atoms with Gasteiger partial charge in [-0.3, -0.25) is 19.8 Å². The molecule has 0 aliphatic carbocycles. The summed E-state index contributed by atoms with van der Waals surface area (Å²) in [4.78, 5) is 25.6. The molecule has 28 heavy (non-hydrogen) atoms. The van der Waals surface area contributed by atoms with Crippen LogP contribution in [0.15, 0.2) is 53.3 Å². The van der Waals surface area contributed by atoms with E-state index >= 15 is 0 Å². The van der Waals surface area contributed by atoms with E-state index in [2.05, 4.69) is 21.5 Å². The number of halogens is 3. The van der Waals surface area contributed by atoms with Crippen LogP contribution in [0.25, 0.3) is 0 Å². The average molecular weight is 406 g/mol. The van der Waals surface area contributed by atoms with Crippen LogP contribution in [0.4, 0.5) is 13.2 Å². The fraction of sp³-hybridized carbons (Fsp3) is 0.263. The smallest absolute Gasteiger partial charge is 0.378 e. The van der Waals surface area contributed by atoms with E-state index in [4.69, 9.17) is 5.73 Å². The molecule has 2 N–H and O–H groups in total. The van der Waals surface area contributed by atoms with Crippen LogP contribution in [0.5, 0.6) is 0 Å². The average Bonchev–Trinajstić information content (AvgIpc) is 2.60. The molecule has 2 aromatic rings. The van der Waals surface area contributed by atoms with Crippen LogP contribution in [0.1, 0.15) is 40.5 Å². The number of carbonyl (C=O) groups excluding carboxylic acids is 1. The summed E-state index contributed by atoms with van der Waals surface area (Å²) in [5.74, 6) is -0.399. The molecule has 9 heteroatoms. The first-order valence-electron chi connectivity index (χ1n) is 8.29. The molecule has 0 fully saturated rings. The lowest BCUT2D eigenvalue weighted by atomic mass is 9.89. The van der Waals surface area contributed by atoms with Crippen molar-refractivity contribution in [1.29, 1.82) is 0 Å². The maximum absolute atomic E-state index is 12.6. The Hall–Kier alpha value is -2.68.